The monoisotopic (exact) mass is 325 g/mol. The lowest BCUT2D eigenvalue weighted by Crippen LogP contribution is -2.50. The van der Waals surface area contributed by atoms with Crippen molar-refractivity contribution < 1.29 is 14.3 Å². The van der Waals surface area contributed by atoms with Crippen LogP contribution >= 0.6 is 0 Å². The number of piperidine rings is 1. The highest BCUT2D eigenvalue weighted by atomic mass is 16.5. The average Bonchev–Trinajstić information content (AvgIpc) is 2.97. The molecule has 2 N–H and O–H groups in total. The van der Waals surface area contributed by atoms with Gasteiger partial charge in [0, 0.05) is 25.2 Å². The molecule has 23 heavy (non-hydrogen) atoms. The fourth-order valence-electron chi connectivity index (χ4n) is 3.18. The van der Waals surface area contributed by atoms with Crippen LogP contribution in [0.25, 0.3) is 0 Å². The molecular weight excluding hydrogens is 294 g/mol. The van der Waals surface area contributed by atoms with Gasteiger partial charge in [-0.3, -0.25) is 14.5 Å². The molecule has 0 aromatic heterocycles. The van der Waals surface area contributed by atoms with E-state index in [1.807, 2.05) is 20.8 Å². The first-order valence-corrected chi connectivity index (χ1v) is 8.76. The second kappa shape index (κ2) is 8.11. The van der Waals surface area contributed by atoms with Crippen molar-refractivity contribution in [3.8, 4) is 0 Å². The Bertz CT molecular complexity index is 414. The predicted molar refractivity (Wildman–Crippen MR) is 89.0 cm³/mol. The van der Waals surface area contributed by atoms with E-state index in [-0.39, 0.29) is 29.4 Å². The zero-order valence-corrected chi connectivity index (χ0v) is 14.7. The topological polar surface area (TPSA) is 70.7 Å². The summed E-state index contributed by atoms with van der Waals surface area (Å²) in [5, 5.41) is 5.99. The number of hydrogen-bond donors (Lipinski definition) is 2. The minimum absolute atomic E-state index is 0.0195. The van der Waals surface area contributed by atoms with E-state index in [0.29, 0.717) is 19.6 Å². The highest BCUT2D eigenvalue weighted by molar-refractivity contribution is 5.80. The first-order chi connectivity index (χ1) is 10.8. The maximum atomic E-state index is 12.3. The van der Waals surface area contributed by atoms with Gasteiger partial charge in [0.15, 0.2) is 0 Å². The van der Waals surface area contributed by atoms with Crippen molar-refractivity contribution in [1.29, 1.82) is 0 Å². The molecule has 0 aromatic carbocycles. The molecule has 2 rings (SSSR count). The summed E-state index contributed by atoms with van der Waals surface area (Å²) in [7, 11) is 0. The number of hydrogen-bond acceptors (Lipinski definition) is 4. The molecule has 2 saturated heterocycles. The van der Waals surface area contributed by atoms with Crippen LogP contribution in [0.5, 0.6) is 0 Å². The van der Waals surface area contributed by atoms with E-state index >= 15 is 0 Å². The van der Waals surface area contributed by atoms with Gasteiger partial charge in [0.1, 0.15) is 0 Å². The van der Waals surface area contributed by atoms with Gasteiger partial charge in [-0.15, -0.1) is 0 Å². The van der Waals surface area contributed by atoms with Gasteiger partial charge in [0.2, 0.25) is 11.8 Å². The standard InChI is InChI=1S/C17H31N3O3/c1-17(2,3)19-16(22)13-6-4-8-20(11-13)12-15(21)18-10-14-7-5-9-23-14/h13-14H,4-12H2,1-3H3,(H,18,21)(H,19,22). The Kier molecular flexibility index (Phi) is 6.41. The minimum Gasteiger partial charge on any atom is -0.376 e. The number of rotatable bonds is 5. The van der Waals surface area contributed by atoms with Gasteiger partial charge in [-0.2, -0.15) is 0 Å². The summed E-state index contributed by atoms with van der Waals surface area (Å²) in [6.07, 6.45) is 4.14. The zero-order valence-electron chi connectivity index (χ0n) is 14.7. The van der Waals surface area contributed by atoms with Crippen LogP contribution in [0, 0.1) is 5.92 Å². The summed E-state index contributed by atoms with van der Waals surface area (Å²) in [6.45, 7) is 9.28. The third-order valence-electron chi connectivity index (χ3n) is 4.29. The third-order valence-corrected chi connectivity index (χ3v) is 4.29. The first kappa shape index (κ1) is 18.2. The summed E-state index contributed by atoms with van der Waals surface area (Å²) in [4.78, 5) is 26.4. The number of nitrogens with zero attached hydrogens (tertiary/aromatic N) is 1. The SMILES string of the molecule is CC(C)(C)NC(=O)C1CCCN(CC(=O)NCC2CCCO2)C1. The van der Waals surface area contributed by atoms with Gasteiger partial charge in [-0.25, -0.2) is 0 Å². The Morgan fingerprint density at radius 3 is 2.65 bits per heavy atom. The van der Waals surface area contributed by atoms with Crippen LogP contribution in [0.2, 0.25) is 0 Å². The molecule has 2 atom stereocenters. The van der Waals surface area contributed by atoms with E-state index in [2.05, 4.69) is 15.5 Å². The molecular formula is C17H31N3O3. The van der Waals surface area contributed by atoms with E-state index in [4.69, 9.17) is 4.74 Å². The lowest BCUT2D eigenvalue weighted by Gasteiger charge is -2.33. The lowest BCUT2D eigenvalue weighted by molar-refractivity contribution is -0.130. The van der Waals surface area contributed by atoms with Crippen molar-refractivity contribution >= 4 is 11.8 Å². The first-order valence-electron chi connectivity index (χ1n) is 8.76. The quantitative estimate of drug-likeness (QED) is 0.788. The van der Waals surface area contributed by atoms with Crippen LogP contribution in [-0.4, -0.2) is 61.1 Å². The normalized spacial score (nSPS) is 26.0. The molecule has 0 bridgehead atoms. The number of amides is 2. The Hall–Kier alpha value is -1.14. The molecule has 0 aromatic rings. The molecule has 2 amide bonds. The molecule has 2 aliphatic rings. The summed E-state index contributed by atoms with van der Waals surface area (Å²) < 4.78 is 5.51. The molecule has 2 aliphatic heterocycles. The van der Waals surface area contributed by atoms with E-state index < -0.39 is 0 Å². The fourth-order valence-corrected chi connectivity index (χ4v) is 3.18. The summed E-state index contributed by atoms with van der Waals surface area (Å²) >= 11 is 0. The molecule has 0 saturated carbocycles. The van der Waals surface area contributed by atoms with Crippen LogP contribution in [0.1, 0.15) is 46.5 Å². The second-order valence-electron chi connectivity index (χ2n) is 7.75. The molecule has 132 valence electrons. The van der Waals surface area contributed by atoms with E-state index in [0.717, 1.165) is 38.8 Å². The number of likely N-dealkylation sites (tertiary alicyclic amines) is 1. The summed E-state index contributed by atoms with van der Waals surface area (Å²) in [5.41, 5.74) is -0.210. The molecule has 2 heterocycles. The number of nitrogens with one attached hydrogen (secondary N) is 2. The maximum absolute atomic E-state index is 12.3. The van der Waals surface area contributed by atoms with Crippen molar-refractivity contribution in [1.82, 2.24) is 15.5 Å². The van der Waals surface area contributed by atoms with E-state index in [1.54, 1.807) is 0 Å². The molecule has 0 aliphatic carbocycles. The van der Waals surface area contributed by atoms with Gasteiger partial charge in [-0.1, -0.05) is 0 Å². The fraction of sp³-hybridized carbons (Fsp3) is 0.882. The van der Waals surface area contributed by atoms with Crippen molar-refractivity contribution in [3.63, 3.8) is 0 Å². The van der Waals surface area contributed by atoms with Crippen molar-refractivity contribution in [2.45, 2.75) is 58.1 Å². The Morgan fingerprint density at radius 1 is 1.22 bits per heavy atom. The van der Waals surface area contributed by atoms with E-state index in [9.17, 15) is 9.59 Å². The second-order valence-corrected chi connectivity index (χ2v) is 7.75. The molecule has 2 unspecified atom stereocenters. The van der Waals surface area contributed by atoms with E-state index in [1.165, 1.54) is 0 Å². The summed E-state index contributed by atoms with van der Waals surface area (Å²) in [5.74, 6) is 0.105. The summed E-state index contributed by atoms with van der Waals surface area (Å²) in [6, 6.07) is 0. The van der Waals surface area contributed by atoms with Crippen molar-refractivity contribution in [2.75, 3.05) is 32.8 Å². The third kappa shape index (κ3) is 6.47. The van der Waals surface area contributed by atoms with Gasteiger partial charge in [0.25, 0.3) is 0 Å². The van der Waals surface area contributed by atoms with Gasteiger partial charge >= 0.3 is 0 Å². The number of carbonyl (C=O) groups is 2. The van der Waals surface area contributed by atoms with Crippen LogP contribution in [0.3, 0.4) is 0 Å². The molecule has 0 radical (unpaired) electrons. The highest BCUT2D eigenvalue weighted by Crippen LogP contribution is 2.17. The van der Waals surface area contributed by atoms with Crippen LogP contribution < -0.4 is 10.6 Å². The van der Waals surface area contributed by atoms with Crippen molar-refractivity contribution in [3.05, 3.63) is 0 Å². The van der Waals surface area contributed by atoms with Gasteiger partial charge < -0.3 is 15.4 Å². The Labute approximate surface area is 139 Å². The Morgan fingerprint density at radius 2 is 2.00 bits per heavy atom. The molecule has 6 heteroatoms. The van der Waals surface area contributed by atoms with Crippen LogP contribution in [0.4, 0.5) is 0 Å². The number of carbonyl (C=O) groups excluding carboxylic acids is 2. The van der Waals surface area contributed by atoms with Crippen LogP contribution in [0.15, 0.2) is 0 Å². The van der Waals surface area contributed by atoms with Gasteiger partial charge in [-0.05, 0) is 53.0 Å². The lowest BCUT2D eigenvalue weighted by atomic mass is 9.95. The molecule has 0 spiro atoms. The largest absolute Gasteiger partial charge is 0.376 e. The number of ether oxygens (including phenoxy) is 1. The predicted octanol–water partition coefficient (Wildman–Crippen LogP) is 0.908. The van der Waals surface area contributed by atoms with Gasteiger partial charge in [0.05, 0.1) is 18.6 Å². The van der Waals surface area contributed by atoms with Crippen LogP contribution in [-0.2, 0) is 14.3 Å². The zero-order chi connectivity index (χ0) is 16.9. The molecule has 2 fully saturated rings. The smallest absolute Gasteiger partial charge is 0.234 e. The van der Waals surface area contributed by atoms with Crippen molar-refractivity contribution in [2.24, 2.45) is 5.92 Å². The Balaban J connectivity index is 1.72. The molecule has 6 nitrogen and oxygen atoms in total. The maximum Gasteiger partial charge on any atom is 0.234 e. The highest BCUT2D eigenvalue weighted by Gasteiger charge is 2.28. The average molecular weight is 325 g/mol. The minimum atomic E-state index is -0.210.